The van der Waals surface area contributed by atoms with Crippen molar-refractivity contribution in [1.29, 1.82) is 0 Å². The fraction of sp³-hybridized carbons (Fsp3) is 0.423. The summed E-state index contributed by atoms with van der Waals surface area (Å²) in [6.07, 6.45) is 10.1. The second kappa shape index (κ2) is 8.85. The van der Waals surface area contributed by atoms with Crippen molar-refractivity contribution in [3.63, 3.8) is 0 Å². The largest absolute Gasteiger partial charge is 0.382 e. The number of pyridine rings is 1. The van der Waals surface area contributed by atoms with Gasteiger partial charge in [0.05, 0.1) is 18.3 Å². The van der Waals surface area contributed by atoms with Crippen LogP contribution in [0.3, 0.4) is 0 Å². The van der Waals surface area contributed by atoms with E-state index in [1.54, 1.807) is 0 Å². The van der Waals surface area contributed by atoms with Gasteiger partial charge in [-0.25, -0.2) is 0 Å². The SMILES string of the molecule is Cn1c2c(c3ccccc31)C=C(CN(CCCCN)[C@H]1CCCc3cccnc31)NC2. The standard InChI is InChI=1S/C26H33N5/c1-30-23-11-3-2-10-21(23)22-16-20(29-17-25(22)30)18-31(15-5-4-13-27)24-12-6-8-19-9-7-14-28-26(19)24/h2-3,7,9-11,14,16,24,29H,4-6,8,12-13,15,17-18,27H2,1H3/t24-/m0/s1. The summed E-state index contributed by atoms with van der Waals surface area (Å²) in [5, 5.41) is 5.06. The van der Waals surface area contributed by atoms with E-state index in [9.17, 15) is 0 Å². The summed E-state index contributed by atoms with van der Waals surface area (Å²) >= 11 is 0. The molecule has 1 atom stereocenters. The van der Waals surface area contributed by atoms with Crippen LogP contribution in [0.15, 0.2) is 48.3 Å². The van der Waals surface area contributed by atoms with Crippen molar-refractivity contribution in [3.05, 3.63) is 70.8 Å². The van der Waals surface area contributed by atoms with Crippen LogP contribution < -0.4 is 11.1 Å². The van der Waals surface area contributed by atoms with Crippen LogP contribution in [0.25, 0.3) is 17.0 Å². The Morgan fingerprint density at radius 3 is 3.00 bits per heavy atom. The first-order valence-corrected chi connectivity index (χ1v) is 11.6. The highest BCUT2D eigenvalue weighted by Gasteiger charge is 2.28. The highest BCUT2D eigenvalue weighted by molar-refractivity contribution is 5.92. The van der Waals surface area contributed by atoms with Crippen LogP contribution in [0.5, 0.6) is 0 Å². The third kappa shape index (κ3) is 3.88. The molecule has 1 aliphatic carbocycles. The minimum absolute atomic E-state index is 0.388. The van der Waals surface area contributed by atoms with Gasteiger partial charge in [-0.05, 0) is 69.0 Å². The molecule has 3 heterocycles. The first kappa shape index (κ1) is 20.3. The maximum atomic E-state index is 5.81. The van der Waals surface area contributed by atoms with Crippen LogP contribution in [-0.2, 0) is 20.0 Å². The fourth-order valence-electron chi connectivity index (χ4n) is 5.34. The predicted molar refractivity (Wildman–Crippen MR) is 128 cm³/mol. The van der Waals surface area contributed by atoms with E-state index in [-0.39, 0.29) is 0 Å². The van der Waals surface area contributed by atoms with Gasteiger partial charge in [-0.3, -0.25) is 9.88 Å². The highest BCUT2D eigenvalue weighted by atomic mass is 15.2. The summed E-state index contributed by atoms with van der Waals surface area (Å²) < 4.78 is 2.32. The molecular formula is C26H33N5. The fourth-order valence-corrected chi connectivity index (χ4v) is 5.34. The van der Waals surface area contributed by atoms with E-state index in [0.29, 0.717) is 6.04 Å². The third-order valence-corrected chi connectivity index (χ3v) is 6.95. The molecule has 0 saturated heterocycles. The smallest absolute Gasteiger partial charge is 0.0607 e. The zero-order valence-electron chi connectivity index (χ0n) is 18.5. The molecule has 5 heteroatoms. The molecule has 1 aliphatic heterocycles. The summed E-state index contributed by atoms with van der Waals surface area (Å²) in [6, 6.07) is 13.4. The predicted octanol–water partition coefficient (Wildman–Crippen LogP) is 4.14. The highest BCUT2D eigenvalue weighted by Crippen LogP contribution is 2.35. The number of nitrogens with zero attached hydrogens (tertiary/aromatic N) is 3. The summed E-state index contributed by atoms with van der Waals surface area (Å²) in [7, 11) is 2.17. The van der Waals surface area contributed by atoms with E-state index < -0.39 is 0 Å². The molecule has 5 rings (SSSR count). The van der Waals surface area contributed by atoms with Crippen LogP contribution in [0.1, 0.15) is 54.2 Å². The number of aryl methyl sites for hydroxylation is 2. The number of nitrogens with two attached hydrogens (primary N) is 1. The molecule has 0 amide bonds. The number of aromatic nitrogens is 2. The zero-order valence-corrected chi connectivity index (χ0v) is 18.5. The van der Waals surface area contributed by atoms with Gasteiger partial charge < -0.3 is 15.6 Å². The Bertz CT molecular complexity index is 1100. The van der Waals surface area contributed by atoms with Crippen molar-refractivity contribution in [3.8, 4) is 0 Å². The van der Waals surface area contributed by atoms with Crippen LogP contribution in [-0.4, -0.2) is 34.1 Å². The van der Waals surface area contributed by atoms with Crippen molar-refractivity contribution in [2.45, 2.75) is 44.7 Å². The van der Waals surface area contributed by atoms with Gasteiger partial charge in [-0.2, -0.15) is 0 Å². The maximum absolute atomic E-state index is 5.81. The van der Waals surface area contributed by atoms with Crippen LogP contribution in [0, 0.1) is 0 Å². The number of hydrogen-bond acceptors (Lipinski definition) is 4. The molecule has 2 aliphatic rings. The molecule has 3 N–H and O–H groups in total. The van der Waals surface area contributed by atoms with E-state index in [1.807, 2.05) is 6.20 Å². The molecular weight excluding hydrogens is 382 g/mol. The number of nitrogens with one attached hydrogen (secondary N) is 1. The summed E-state index contributed by atoms with van der Waals surface area (Å²) in [5.74, 6) is 0. The van der Waals surface area contributed by atoms with E-state index >= 15 is 0 Å². The quantitative estimate of drug-likeness (QED) is 0.570. The Balaban J connectivity index is 1.45. The minimum Gasteiger partial charge on any atom is -0.382 e. The normalized spacial score (nSPS) is 17.9. The summed E-state index contributed by atoms with van der Waals surface area (Å²) in [4.78, 5) is 7.45. The first-order chi connectivity index (χ1) is 15.3. The summed E-state index contributed by atoms with van der Waals surface area (Å²) in [6.45, 7) is 3.61. The Labute approximate surface area is 185 Å². The monoisotopic (exact) mass is 415 g/mol. The van der Waals surface area contributed by atoms with E-state index in [0.717, 1.165) is 45.4 Å². The molecule has 5 nitrogen and oxygen atoms in total. The second-order valence-corrected chi connectivity index (χ2v) is 8.88. The van der Waals surface area contributed by atoms with Crippen molar-refractivity contribution in [2.75, 3.05) is 19.6 Å². The molecule has 1 aromatic carbocycles. The van der Waals surface area contributed by atoms with E-state index in [4.69, 9.17) is 10.7 Å². The van der Waals surface area contributed by atoms with Gasteiger partial charge >= 0.3 is 0 Å². The molecule has 0 fully saturated rings. The average Bonchev–Trinajstić information content (AvgIpc) is 3.10. The van der Waals surface area contributed by atoms with Gasteiger partial charge in [0, 0.05) is 47.6 Å². The molecule has 0 spiro atoms. The number of benzene rings is 1. The van der Waals surface area contributed by atoms with Crippen LogP contribution in [0.4, 0.5) is 0 Å². The number of rotatable bonds is 7. The van der Waals surface area contributed by atoms with Crippen LogP contribution >= 0.6 is 0 Å². The Morgan fingerprint density at radius 2 is 2.10 bits per heavy atom. The van der Waals surface area contributed by atoms with Gasteiger partial charge in [0.15, 0.2) is 0 Å². The van der Waals surface area contributed by atoms with Gasteiger partial charge in [-0.1, -0.05) is 24.3 Å². The lowest BCUT2D eigenvalue weighted by molar-refractivity contribution is 0.183. The van der Waals surface area contributed by atoms with Crippen molar-refractivity contribution < 1.29 is 0 Å². The van der Waals surface area contributed by atoms with Gasteiger partial charge in [0.2, 0.25) is 0 Å². The Hall–Kier alpha value is -2.63. The van der Waals surface area contributed by atoms with Crippen molar-refractivity contribution in [1.82, 2.24) is 19.8 Å². The number of unbranched alkanes of at least 4 members (excludes halogenated alkanes) is 1. The van der Waals surface area contributed by atoms with E-state index in [2.05, 4.69) is 64.3 Å². The van der Waals surface area contributed by atoms with Crippen LogP contribution in [0.2, 0.25) is 0 Å². The Morgan fingerprint density at radius 1 is 1.19 bits per heavy atom. The van der Waals surface area contributed by atoms with Crippen molar-refractivity contribution in [2.24, 2.45) is 12.8 Å². The minimum atomic E-state index is 0.388. The molecule has 3 aromatic rings. The molecule has 0 unspecified atom stereocenters. The molecule has 0 saturated carbocycles. The third-order valence-electron chi connectivity index (χ3n) is 6.95. The Kier molecular flexibility index (Phi) is 5.79. The molecule has 31 heavy (non-hydrogen) atoms. The summed E-state index contributed by atoms with van der Waals surface area (Å²) in [5.41, 5.74) is 13.9. The molecule has 0 bridgehead atoms. The lowest BCUT2D eigenvalue weighted by atomic mass is 9.90. The lowest BCUT2D eigenvalue weighted by Gasteiger charge is -2.36. The number of fused-ring (bicyclic) bond motifs is 4. The first-order valence-electron chi connectivity index (χ1n) is 11.6. The van der Waals surface area contributed by atoms with E-state index in [1.165, 1.54) is 52.0 Å². The van der Waals surface area contributed by atoms with Gasteiger partial charge in [0.25, 0.3) is 0 Å². The van der Waals surface area contributed by atoms with Gasteiger partial charge in [-0.15, -0.1) is 0 Å². The lowest BCUT2D eigenvalue weighted by Crippen LogP contribution is -2.37. The van der Waals surface area contributed by atoms with Gasteiger partial charge in [0.1, 0.15) is 0 Å². The number of para-hydroxylation sites is 1. The molecule has 0 radical (unpaired) electrons. The topological polar surface area (TPSA) is 59.1 Å². The molecule has 162 valence electrons. The zero-order chi connectivity index (χ0) is 21.2. The maximum Gasteiger partial charge on any atom is 0.0607 e. The second-order valence-electron chi connectivity index (χ2n) is 8.88. The average molecular weight is 416 g/mol. The molecule has 2 aromatic heterocycles. The number of hydrogen-bond donors (Lipinski definition) is 2. The van der Waals surface area contributed by atoms with Crippen molar-refractivity contribution >= 4 is 17.0 Å².